The summed E-state index contributed by atoms with van der Waals surface area (Å²) in [7, 11) is -1.92. The lowest BCUT2D eigenvalue weighted by Gasteiger charge is -2.53. The van der Waals surface area contributed by atoms with Crippen LogP contribution >= 0.6 is 0 Å². The van der Waals surface area contributed by atoms with Crippen LogP contribution in [0.25, 0.3) is 5.57 Å². The van der Waals surface area contributed by atoms with Crippen molar-refractivity contribution in [2.75, 3.05) is 6.61 Å². The van der Waals surface area contributed by atoms with E-state index in [4.69, 9.17) is 4.74 Å². The minimum absolute atomic E-state index is 0.0318. The molecule has 2 N–H and O–H groups in total. The molecule has 3 atom stereocenters. The van der Waals surface area contributed by atoms with E-state index < -0.39 is 7.12 Å². The van der Waals surface area contributed by atoms with Crippen molar-refractivity contribution in [3.05, 3.63) is 29.3 Å². The van der Waals surface area contributed by atoms with Crippen LogP contribution in [0.4, 0.5) is 0 Å². The predicted molar refractivity (Wildman–Crippen MR) is 118 cm³/mol. The number of rotatable bonds is 1. The first kappa shape index (κ1) is 22.4. The summed E-state index contributed by atoms with van der Waals surface area (Å²) in [6.07, 6.45) is 5.30. The molecule has 0 saturated heterocycles. The molecule has 3 rings (SSSR count). The van der Waals surface area contributed by atoms with Crippen LogP contribution in [0.2, 0.25) is 0 Å². The first-order chi connectivity index (χ1) is 14.1. The third-order valence-corrected chi connectivity index (χ3v) is 7.51. The molecule has 1 saturated carbocycles. The number of nitrogens with zero attached hydrogens (tertiary/aromatic N) is 2. The van der Waals surface area contributed by atoms with Gasteiger partial charge >= 0.3 is 7.12 Å². The second-order valence-electron chi connectivity index (χ2n) is 9.97. The van der Waals surface area contributed by atoms with Gasteiger partial charge in [-0.3, -0.25) is 0 Å². The van der Waals surface area contributed by atoms with Crippen LogP contribution in [0.15, 0.2) is 12.6 Å². The Morgan fingerprint density at radius 3 is 2.47 bits per heavy atom. The van der Waals surface area contributed by atoms with Gasteiger partial charge < -0.3 is 14.8 Å². The highest BCUT2D eigenvalue weighted by Gasteiger charge is 2.49. The van der Waals surface area contributed by atoms with Crippen molar-refractivity contribution >= 4 is 18.2 Å². The van der Waals surface area contributed by atoms with Gasteiger partial charge in [0.15, 0.2) is 0 Å². The Balaban J connectivity index is 2.32. The lowest BCUT2D eigenvalue weighted by molar-refractivity contribution is 0.0279. The van der Waals surface area contributed by atoms with Gasteiger partial charge in [0.2, 0.25) is 0 Å². The summed E-state index contributed by atoms with van der Waals surface area (Å²) in [5.41, 5.74) is 1.45. The molecule has 30 heavy (non-hydrogen) atoms. The highest BCUT2D eigenvalue weighted by Crippen LogP contribution is 2.59. The molecule has 1 heterocycles. The first-order valence-corrected chi connectivity index (χ1v) is 10.8. The molecule has 1 aliphatic carbocycles. The smallest absolute Gasteiger partial charge is 0.493 e. The van der Waals surface area contributed by atoms with Gasteiger partial charge in [-0.05, 0) is 60.0 Å². The number of nitriles is 2. The summed E-state index contributed by atoms with van der Waals surface area (Å²) in [4.78, 5) is 0. The number of benzene rings is 1. The molecular weight excluding hydrogens is 375 g/mol. The monoisotopic (exact) mass is 406 g/mol. The average molecular weight is 406 g/mol. The van der Waals surface area contributed by atoms with Gasteiger partial charge in [-0.25, -0.2) is 0 Å². The second-order valence-corrected chi connectivity index (χ2v) is 9.97. The minimum Gasteiger partial charge on any atom is -0.493 e. The summed E-state index contributed by atoms with van der Waals surface area (Å²) < 4.78 is 6.12. The van der Waals surface area contributed by atoms with Gasteiger partial charge in [-0.1, -0.05) is 40.7 Å². The average Bonchev–Trinajstić information content (AvgIpc) is 2.68. The van der Waals surface area contributed by atoms with Crippen molar-refractivity contribution < 1.29 is 14.8 Å². The lowest BCUT2D eigenvalue weighted by Crippen LogP contribution is -2.44. The van der Waals surface area contributed by atoms with Crippen LogP contribution in [0.3, 0.4) is 0 Å². The maximum atomic E-state index is 10.1. The van der Waals surface area contributed by atoms with Gasteiger partial charge in [0.1, 0.15) is 17.9 Å². The fraction of sp³-hybridized carbons (Fsp3) is 0.583. The maximum Gasteiger partial charge on any atom is 0.493 e. The number of allylic oxidation sites excluding steroid dienone is 1. The third kappa shape index (κ3) is 3.64. The summed E-state index contributed by atoms with van der Waals surface area (Å²) >= 11 is 0. The van der Waals surface area contributed by atoms with Gasteiger partial charge in [0, 0.05) is 11.0 Å². The lowest BCUT2D eigenvalue weighted by atomic mass is 9.52. The standard InChI is InChI=1S/C24H31BN2O3/c1-15-7-8-20-23(3,4)9-6-10-24(20,5)16(2)18-11-17(12-26)19(13-27)21(25(28)29)22(18)30-14-15/h11,15,20,28-29H,2,6-10,14H2,1,3-5H3/t15?,20-,24+/m1/s1. The molecule has 5 nitrogen and oxygen atoms in total. The Bertz CT molecular complexity index is 941. The molecule has 1 aliphatic heterocycles. The van der Waals surface area contributed by atoms with E-state index in [1.54, 1.807) is 6.07 Å². The van der Waals surface area contributed by atoms with Crippen molar-refractivity contribution in [3.8, 4) is 17.9 Å². The molecule has 2 aliphatic rings. The number of hydrogen-bond acceptors (Lipinski definition) is 5. The van der Waals surface area contributed by atoms with Crippen LogP contribution in [-0.4, -0.2) is 23.8 Å². The van der Waals surface area contributed by atoms with E-state index in [1.807, 2.05) is 12.1 Å². The number of hydrogen-bond donors (Lipinski definition) is 2. The zero-order valence-corrected chi connectivity index (χ0v) is 18.5. The summed E-state index contributed by atoms with van der Waals surface area (Å²) in [5.74, 6) is 0.960. The van der Waals surface area contributed by atoms with Crippen molar-refractivity contribution in [1.29, 1.82) is 10.5 Å². The molecule has 0 bridgehead atoms. The quantitative estimate of drug-likeness (QED) is 0.692. The SMILES string of the molecule is C=C1c2cc(C#N)c(C#N)c(B(O)O)c2OCC(C)CC[C@@H]2C(C)(C)CCC[C@@]12C. The summed E-state index contributed by atoms with van der Waals surface area (Å²) in [5, 5.41) is 39.5. The maximum absolute atomic E-state index is 10.1. The second kappa shape index (κ2) is 8.10. The third-order valence-electron chi connectivity index (χ3n) is 7.51. The van der Waals surface area contributed by atoms with Crippen molar-refractivity contribution in [2.24, 2.45) is 22.7 Å². The molecule has 6 heteroatoms. The van der Waals surface area contributed by atoms with Gasteiger partial charge in [0.05, 0.1) is 17.7 Å². The Morgan fingerprint density at radius 1 is 1.17 bits per heavy atom. The van der Waals surface area contributed by atoms with Crippen LogP contribution in [0.1, 0.15) is 76.5 Å². The van der Waals surface area contributed by atoms with Crippen LogP contribution in [0.5, 0.6) is 5.75 Å². The van der Waals surface area contributed by atoms with E-state index in [1.165, 1.54) is 0 Å². The molecule has 0 spiro atoms. The molecule has 1 aromatic rings. The minimum atomic E-state index is -1.92. The van der Waals surface area contributed by atoms with E-state index in [2.05, 4.69) is 34.3 Å². The molecule has 1 unspecified atom stereocenters. The highest BCUT2D eigenvalue weighted by atomic mass is 16.5. The summed E-state index contributed by atoms with van der Waals surface area (Å²) in [6, 6.07) is 5.66. The number of ether oxygens (including phenoxy) is 1. The molecule has 158 valence electrons. The van der Waals surface area contributed by atoms with E-state index in [-0.39, 0.29) is 39.1 Å². The highest BCUT2D eigenvalue weighted by molar-refractivity contribution is 6.60. The van der Waals surface area contributed by atoms with E-state index >= 15 is 0 Å². The van der Waals surface area contributed by atoms with Crippen LogP contribution in [0, 0.1) is 45.3 Å². The molecule has 0 radical (unpaired) electrons. The normalized spacial score (nSPS) is 28.2. The van der Waals surface area contributed by atoms with Gasteiger partial charge in [0.25, 0.3) is 0 Å². The van der Waals surface area contributed by atoms with Crippen LogP contribution < -0.4 is 10.2 Å². The topological polar surface area (TPSA) is 97.3 Å². The molecule has 1 fully saturated rings. The Morgan fingerprint density at radius 2 is 1.87 bits per heavy atom. The van der Waals surface area contributed by atoms with Crippen molar-refractivity contribution in [1.82, 2.24) is 0 Å². The molecule has 0 aromatic heterocycles. The van der Waals surface area contributed by atoms with E-state index in [9.17, 15) is 20.6 Å². The molecule has 0 amide bonds. The zero-order chi connectivity index (χ0) is 22.3. The fourth-order valence-corrected chi connectivity index (χ4v) is 5.78. The van der Waals surface area contributed by atoms with Gasteiger partial charge in [-0.2, -0.15) is 10.5 Å². The Hall–Kier alpha value is -2.28. The summed E-state index contributed by atoms with van der Waals surface area (Å²) in [6.45, 7) is 13.9. The van der Waals surface area contributed by atoms with Crippen molar-refractivity contribution in [2.45, 2.75) is 59.8 Å². The largest absolute Gasteiger partial charge is 0.493 e. The van der Waals surface area contributed by atoms with Crippen molar-refractivity contribution in [3.63, 3.8) is 0 Å². The Labute approximate surface area is 180 Å². The first-order valence-electron chi connectivity index (χ1n) is 10.8. The molecule has 1 aromatic carbocycles. The zero-order valence-electron chi connectivity index (χ0n) is 18.5. The number of fused-ring (bicyclic) bond motifs is 2. The fourth-order valence-electron chi connectivity index (χ4n) is 5.78. The van der Waals surface area contributed by atoms with E-state index in [0.717, 1.165) is 37.7 Å². The van der Waals surface area contributed by atoms with Crippen LogP contribution in [-0.2, 0) is 0 Å². The van der Waals surface area contributed by atoms with Gasteiger partial charge in [-0.15, -0.1) is 0 Å². The molecular formula is C24H31BN2O3. The predicted octanol–water partition coefficient (Wildman–Crippen LogP) is 3.76. The Kier molecular flexibility index (Phi) is 6.05. The van der Waals surface area contributed by atoms with E-state index in [0.29, 0.717) is 18.1 Å².